The summed E-state index contributed by atoms with van der Waals surface area (Å²) in [6.07, 6.45) is 0. The Hall–Kier alpha value is -4.72. The maximum absolute atomic E-state index is 13.4. The van der Waals surface area contributed by atoms with Crippen LogP contribution in [-0.2, 0) is 0 Å². The van der Waals surface area contributed by atoms with E-state index in [4.69, 9.17) is 9.47 Å². The van der Waals surface area contributed by atoms with E-state index in [1.54, 1.807) is 36.4 Å². The highest BCUT2D eigenvalue weighted by Gasteiger charge is 2.14. The molecule has 0 bridgehead atoms. The molecule has 4 nitrogen and oxygen atoms in total. The van der Waals surface area contributed by atoms with Gasteiger partial charge in [-0.3, -0.25) is 0 Å². The van der Waals surface area contributed by atoms with Crippen molar-refractivity contribution in [1.82, 2.24) is 0 Å². The molecular weight excluding hydrogens is 476 g/mol. The number of esters is 2. The fourth-order valence-electron chi connectivity index (χ4n) is 3.66. The van der Waals surface area contributed by atoms with Gasteiger partial charge in [-0.2, -0.15) is 0 Å². The van der Waals surface area contributed by atoms with Gasteiger partial charge < -0.3 is 9.47 Å². The number of carbonyl (C=O) groups is 2. The summed E-state index contributed by atoms with van der Waals surface area (Å²) in [5.74, 6) is -5.66. The first-order chi connectivity index (χ1) is 17.3. The lowest BCUT2D eigenvalue weighted by molar-refractivity contribution is 0.0724. The Kier molecular flexibility index (Phi) is 5.85. The van der Waals surface area contributed by atoms with Gasteiger partial charge in [0.25, 0.3) is 0 Å². The molecule has 0 aromatic heterocycles. The highest BCUT2D eigenvalue weighted by Crippen LogP contribution is 2.29. The van der Waals surface area contributed by atoms with Gasteiger partial charge >= 0.3 is 11.9 Å². The topological polar surface area (TPSA) is 52.6 Å². The molecule has 0 radical (unpaired) electrons. The van der Waals surface area contributed by atoms with Crippen LogP contribution in [0.15, 0.2) is 84.9 Å². The maximum Gasteiger partial charge on any atom is 0.343 e. The molecule has 0 fully saturated rings. The van der Waals surface area contributed by atoms with Crippen LogP contribution in [0.25, 0.3) is 21.5 Å². The maximum atomic E-state index is 13.4. The lowest BCUT2D eigenvalue weighted by Crippen LogP contribution is -2.09. The Bertz CT molecular complexity index is 1560. The highest BCUT2D eigenvalue weighted by atomic mass is 19.2. The molecule has 0 spiro atoms. The largest absolute Gasteiger partial charge is 0.423 e. The summed E-state index contributed by atoms with van der Waals surface area (Å²) in [5, 5.41) is 3.06. The fourth-order valence-corrected chi connectivity index (χ4v) is 3.66. The predicted molar refractivity (Wildman–Crippen MR) is 124 cm³/mol. The number of halogens is 4. The molecule has 5 aromatic rings. The molecule has 5 rings (SSSR count). The van der Waals surface area contributed by atoms with Crippen LogP contribution in [0.2, 0.25) is 0 Å². The van der Waals surface area contributed by atoms with Crippen molar-refractivity contribution in [2.45, 2.75) is 0 Å². The number of rotatable bonds is 4. The third-order valence-electron chi connectivity index (χ3n) is 5.47. The molecule has 0 aliphatic heterocycles. The fraction of sp³-hybridized carbons (Fsp3) is 0. The third kappa shape index (κ3) is 4.61. The number of benzene rings is 5. The van der Waals surface area contributed by atoms with E-state index >= 15 is 0 Å². The van der Waals surface area contributed by atoms with Gasteiger partial charge in [-0.15, -0.1) is 0 Å². The Morgan fingerprint density at radius 2 is 0.861 bits per heavy atom. The summed E-state index contributed by atoms with van der Waals surface area (Å²) >= 11 is 0. The van der Waals surface area contributed by atoms with E-state index in [2.05, 4.69) is 0 Å². The molecule has 0 unspecified atom stereocenters. The van der Waals surface area contributed by atoms with Crippen LogP contribution in [0.1, 0.15) is 20.7 Å². The zero-order valence-electron chi connectivity index (χ0n) is 18.2. The van der Waals surface area contributed by atoms with E-state index in [-0.39, 0.29) is 22.6 Å². The monoisotopic (exact) mass is 490 g/mol. The van der Waals surface area contributed by atoms with E-state index < -0.39 is 35.2 Å². The first kappa shape index (κ1) is 23.0. The molecule has 8 heteroatoms. The lowest BCUT2D eigenvalue weighted by Gasteiger charge is -2.09. The van der Waals surface area contributed by atoms with Gasteiger partial charge in [0.15, 0.2) is 23.3 Å². The molecule has 0 atom stereocenters. The Balaban J connectivity index is 1.38. The minimum atomic E-state index is -1.15. The number of fused-ring (bicyclic) bond motifs is 2. The summed E-state index contributed by atoms with van der Waals surface area (Å²) in [6, 6.07) is 19.0. The van der Waals surface area contributed by atoms with Gasteiger partial charge in [-0.1, -0.05) is 12.1 Å². The molecule has 178 valence electrons. The summed E-state index contributed by atoms with van der Waals surface area (Å²) in [5.41, 5.74) is -0.254. The molecule has 0 saturated carbocycles. The van der Waals surface area contributed by atoms with Gasteiger partial charge in [0.2, 0.25) is 0 Å². The van der Waals surface area contributed by atoms with Crippen molar-refractivity contribution in [3.05, 3.63) is 119 Å². The number of carbonyl (C=O) groups excluding carboxylic acids is 2. The van der Waals surface area contributed by atoms with Crippen molar-refractivity contribution in [3.8, 4) is 11.5 Å². The van der Waals surface area contributed by atoms with Crippen molar-refractivity contribution < 1.29 is 36.6 Å². The molecule has 0 heterocycles. The Morgan fingerprint density at radius 1 is 0.444 bits per heavy atom. The van der Waals surface area contributed by atoms with Crippen LogP contribution in [-0.4, -0.2) is 11.9 Å². The molecule has 0 saturated heterocycles. The van der Waals surface area contributed by atoms with E-state index in [0.29, 0.717) is 0 Å². The SMILES string of the molecule is O=C(Oc1ccc2cc3cc(OC(=O)c4ccc(F)c(F)c4)ccc3cc2c1)c1ccc(F)c(F)c1. The molecule has 5 aromatic carbocycles. The summed E-state index contributed by atoms with van der Waals surface area (Å²) < 4.78 is 63.6. The van der Waals surface area contributed by atoms with E-state index in [1.807, 2.05) is 12.1 Å². The van der Waals surface area contributed by atoms with Crippen molar-refractivity contribution in [3.63, 3.8) is 0 Å². The van der Waals surface area contributed by atoms with Crippen LogP contribution in [0, 0.1) is 23.3 Å². The molecule has 0 aliphatic carbocycles. The van der Waals surface area contributed by atoms with Crippen LogP contribution < -0.4 is 9.47 Å². The van der Waals surface area contributed by atoms with E-state index in [9.17, 15) is 27.2 Å². The van der Waals surface area contributed by atoms with Crippen molar-refractivity contribution in [1.29, 1.82) is 0 Å². The zero-order chi connectivity index (χ0) is 25.4. The second-order valence-electron chi connectivity index (χ2n) is 7.91. The minimum absolute atomic E-state index is 0.127. The average molecular weight is 490 g/mol. The summed E-state index contributed by atoms with van der Waals surface area (Å²) in [4.78, 5) is 24.6. The third-order valence-corrected chi connectivity index (χ3v) is 5.47. The van der Waals surface area contributed by atoms with Crippen molar-refractivity contribution in [2.75, 3.05) is 0 Å². The second kappa shape index (κ2) is 9.14. The molecule has 36 heavy (non-hydrogen) atoms. The predicted octanol–water partition coefficient (Wildman–Crippen LogP) is 6.99. The number of ether oxygens (including phenoxy) is 2. The summed E-state index contributed by atoms with van der Waals surface area (Å²) in [7, 11) is 0. The second-order valence-corrected chi connectivity index (χ2v) is 7.91. The average Bonchev–Trinajstić information content (AvgIpc) is 2.86. The quantitative estimate of drug-likeness (QED) is 0.118. The highest BCUT2D eigenvalue weighted by molar-refractivity contribution is 6.00. The van der Waals surface area contributed by atoms with Crippen LogP contribution in [0.5, 0.6) is 11.5 Å². The van der Waals surface area contributed by atoms with E-state index in [1.165, 1.54) is 0 Å². The van der Waals surface area contributed by atoms with Crippen LogP contribution in [0.4, 0.5) is 17.6 Å². The molecular formula is C28H14F4O4. The van der Waals surface area contributed by atoms with E-state index in [0.717, 1.165) is 57.9 Å². The van der Waals surface area contributed by atoms with Crippen molar-refractivity contribution >= 4 is 33.5 Å². The first-order valence-corrected chi connectivity index (χ1v) is 10.6. The smallest absolute Gasteiger partial charge is 0.343 e. The molecule has 0 aliphatic rings. The number of hydrogen-bond donors (Lipinski definition) is 0. The van der Waals surface area contributed by atoms with Crippen molar-refractivity contribution in [2.24, 2.45) is 0 Å². The van der Waals surface area contributed by atoms with Gasteiger partial charge in [0.1, 0.15) is 11.5 Å². The van der Waals surface area contributed by atoms with Crippen LogP contribution >= 0.6 is 0 Å². The lowest BCUT2D eigenvalue weighted by atomic mass is 10.0. The normalized spacial score (nSPS) is 11.0. The Labute approximate surface area is 201 Å². The van der Waals surface area contributed by atoms with Gasteiger partial charge in [0, 0.05) is 0 Å². The number of hydrogen-bond acceptors (Lipinski definition) is 4. The van der Waals surface area contributed by atoms with Gasteiger partial charge in [-0.05, 0) is 94.3 Å². The zero-order valence-corrected chi connectivity index (χ0v) is 18.2. The minimum Gasteiger partial charge on any atom is -0.423 e. The summed E-state index contributed by atoms with van der Waals surface area (Å²) in [6.45, 7) is 0. The standard InChI is InChI=1S/C28H14F4O4/c29-23-7-3-17(13-25(23)31)27(33)35-21-5-1-15-9-20-12-22(6-2-16(20)10-19(15)11-21)36-28(34)18-4-8-24(30)26(32)14-18/h1-14H. The first-order valence-electron chi connectivity index (χ1n) is 10.6. The molecule has 0 amide bonds. The van der Waals surface area contributed by atoms with Gasteiger partial charge in [-0.25, -0.2) is 27.2 Å². The van der Waals surface area contributed by atoms with Crippen LogP contribution in [0.3, 0.4) is 0 Å². The Morgan fingerprint density at radius 3 is 1.25 bits per heavy atom. The van der Waals surface area contributed by atoms with Gasteiger partial charge in [0.05, 0.1) is 11.1 Å². The molecule has 0 N–H and O–H groups in total.